The molecule has 0 aliphatic carbocycles. The molecule has 0 N–H and O–H groups in total. The Morgan fingerprint density at radius 2 is 1.16 bits per heavy atom. The van der Waals surface area contributed by atoms with Gasteiger partial charge < -0.3 is 4.57 Å². The molecule has 0 atom stereocenters. The van der Waals surface area contributed by atoms with Crippen LogP contribution >= 0.6 is 0 Å². The molecule has 0 aliphatic heterocycles. The minimum absolute atomic E-state index is 0.852. The molecule has 0 saturated heterocycles. The Balaban J connectivity index is 1.34. The Labute approximate surface area is 219 Å². The van der Waals surface area contributed by atoms with E-state index in [2.05, 4.69) is 124 Å². The molecule has 8 rings (SSSR count). The van der Waals surface area contributed by atoms with Crippen LogP contribution in [0.1, 0.15) is 0 Å². The van der Waals surface area contributed by atoms with Crippen LogP contribution < -0.4 is 0 Å². The van der Waals surface area contributed by atoms with Crippen molar-refractivity contribution in [1.82, 2.24) is 19.1 Å². The van der Waals surface area contributed by atoms with Crippen molar-refractivity contribution in [1.29, 1.82) is 0 Å². The largest absolute Gasteiger partial charge is 0.309 e. The number of para-hydroxylation sites is 2. The second kappa shape index (κ2) is 8.15. The normalized spacial score (nSPS) is 11.7. The van der Waals surface area contributed by atoms with Crippen molar-refractivity contribution >= 4 is 43.7 Å². The van der Waals surface area contributed by atoms with Gasteiger partial charge in [-0.25, -0.2) is 9.97 Å². The first-order valence-electron chi connectivity index (χ1n) is 12.8. The van der Waals surface area contributed by atoms with Crippen molar-refractivity contribution in [3.05, 3.63) is 134 Å². The summed E-state index contributed by atoms with van der Waals surface area (Å²) in [5, 5.41) is 4.88. The molecule has 0 unspecified atom stereocenters. The van der Waals surface area contributed by atoms with E-state index in [0.717, 1.165) is 33.9 Å². The van der Waals surface area contributed by atoms with Crippen LogP contribution in [0.3, 0.4) is 0 Å². The molecule has 0 fully saturated rings. The molecular formula is C34H22N4. The van der Waals surface area contributed by atoms with E-state index in [1.165, 1.54) is 32.6 Å². The molecular weight excluding hydrogens is 464 g/mol. The Hall–Kier alpha value is -5.22. The third-order valence-corrected chi connectivity index (χ3v) is 7.39. The molecule has 0 radical (unpaired) electrons. The monoisotopic (exact) mass is 486 g/mol. The van der Waals surface area contributed by atoms with Crippen molar-refractivity contribution in [3.8, 4) is 22.8 Å². The van der Waals surface area contributed by atoms with Crippen molar-refractivity contribution in [2.45, 2.75) is 0 Å². The summed E-state index contributed by atoms with van der Waals surface area (Å²) < 4.78 is 4.52. The van der Waals surface area contributed by atoms with Gasteiger partial charge in [0.05, 0.1) is 16.7 Å². The lowest BCUT2D eigenvalue weighted by atomic mass is 10.1. The minimum Gasteiger partial charge on any atom is -0.309 e. The Bertz CT molecular complexity index is 2070. The van der Waals surface area contributed by atoms with Crippen LogP contribution in [0.2, 0.25) is 0 Å². The lowest BCUT2D eigenvalue weighted by Crippen LogP contribution is -2.00. The SMILES string of the molecule is c1ccc2c(-n3c(-c4ccc(-n5c6ccccc6c6ccccc65)cc4)nc4cccnc43)cccc2c1. The molecule has 0 spiro atoms. The van der Waals surface area contributed by atoms with E-state index >= 15 is 0 Å². The summed E-state index contributed by atoms with van der Waals surface area (Å²) >= 11 is 0. The molecule has 5 aromatic carbocycles. The lowest BCUT2D eigenvalue weighted by Gasteiger charge is -2.13. The molecule has 178 valence electrons. The topological polar surface area (TPSA) is 35.6 Å². The Morgan fingerprint density at radius 3 is 1.92 bits per heavy atom. The number of imidazole rings is 1. The highest BCUT2D eigenvalue weighted by atomic mass is 15.1. The van der Waals surface area contributed by atoms with Gasteiger partial charge in [-0.15, -0.1) is 0 Å². The maximum absolute atomic E-state index is 5.05. The second-order valence-corrected chi connectivity index (χ2v) is 9.53. The zero-order valence-electron chi connectivity index (χ0n) is 20.5. The molecule has 8 aromatic rings. The maximum Gasteiger partial charge on any atom is 0.164 e. The van der Waals surface area contributed by atoms with E-state index < -0.39 is 0 Å². The summed E-state index contributed by atoms with van der Waals surface area (Å²) in [6.07, 6.45) is 1.83. The lowest BCUT2D eigenvalue weighted by molar-refractivity contribution is 1.09. The number of hydrogen-bond acceptors (Lipinski definition) is 2. The van der Waals surface area contributed by atoms with E-state index in [0.29, 0.717) is 0 Å². The highest BCUT2D eigenvalue weighted by Gasteiger charge is 2.18. The fourth-order valence-electron chi connectivity index (χ4n) is 5.70. The van der Waals surface area contributed by atoms with Gasteiger partial charge in [0, 0.05) is 33.6 Å². The van der Waals surface area contributed by atoms with Gasteiger partial charge in [0.25, 0.3) is 0 Å². The summed E-state index contributed by atoms with van der Waals surface area (Å²) in [6, 6.07) is 44.7. The van der Waals surface area contributed by atoms with Gasteiger partial charge in [-0.05, 0) is 60.0 Å². The fraction of sp³-hybridized carbons (Fsp3) is 0. The first kappa shape index (κ1) is 20.9. The zero-order valence-corrected chi connectivity index (χ0v) is 20.5. The standard InChI is InChI=1S/C34H22N4/c1-2-11-26-23(9-1)10-7-17-30(26)38-33(36-29-14-8-22-35-34(29)38)24-18-20-25(21-19-24)37-31-15-5-3-12-27(31)28-13-4-6-16-32(28)37/h1-22H. The van der Waals surface area contributed by atoms with Gasteiger partial charge in [-0.1, -0.05) is 72.8 Å². The summed E-state index contributed by atoms with van der Waals surface area (Å²) in [4.78, 5) is 9.79. The van der Waals surface area contributed by atoms with Crippen LogP contribution in [0.4, 0.5) is 0 Å². The average Bonchev–Trinajstić information content (AvgIpc) is 3.53. The van der Waals surface area contributed by atoms with Crippen LogP contribution in [-0.4, -0.2) is 19.1 Å². The third kappa shape index (κ3) is 3.04. The zero-order chi connectivity index (χ0) is 25.1. The molecule has 0 aliphatic rings. The van der Waals surface area contributed by atoms with Crippen molar-refractivity contribution in [3.63, 3.8) is 0 Å². The predicted octanol–water partition coefficient (Wildman–Crippen LogP) is 8.34. The van der Waals surface area contributed by atoms with Crippen LogP contribution in [0.15, 0.2) is 134 Å². The van der Waals surface area contributed by atoms with E-state index in [9.17, 15) is 0 Å². The van der Waals surface area contributed by atoms with E-state index in [4.69, 9.17) is 9.97 Å². The van der Waals surface area contributed by atoms with Crippen LogP contribution in [0.25, 0.3) is 66.5 Å². The van der Waals surface area contributed by atoms with Crippen LogP contribution in [0, 0.1) is 0 Å². The number of benzene rings is 5. The summed E-state index contributed by atoms with van der Waals surface area (Å²) in [7, 11) is 0. The van der Waals surface area contributed by atoms with Crippen molar-refractivity contribution in [2.75, 3.05) is 0 Å². The summed E-state index contributed by atoms with van der Waals surface area (Å²) in [6.45, 7) is 0. The predicted molar refractivity (Wildman–Crippen MR) is 156 cm³/mol. The highest BCUT2D eigenvalue weighted by Crippen LogP contribution is 2.34. The molecule has 3 aromatic heterocycles. The Morgan fingerprint density at radius 1 is 0.500 bits per heavy atom. The summed E-state index contributed by atoms with van der Waals surface area (Å²) in [5.41, 5.74) is 7.37. The van der Waals surface area contributed by atoms with Gasteiger partial charge in [0.15, 0.2) is 5.65 Å². The molecule has 4 heteroatoms. The van der Waals surface area contributed by atoms with E-state index in [1.807, 2.05) is 18.3 Å². The number of hydrogen-bond donors (Lipinski definition) is 0. The van der Waals surface area contributed by atoms with Crippen LogP contribution in [-0.2, 0) is 0 Å². The second-order valence-electron chi connectivity index (χ2n) is 9.53. The molecule has 0 saturated carbocycles. The number of nitrogens with zero attached hydrogens (tertiary/aromatic N) is 4. The molecule has 4 nitrogen and oxygen atoms in total. The first-order chi connectivity index (χ1) is 18.9. The number of aromatic nitrogens is 4. The maximum atomic E-state index is 5.05. The minimum atomic E-state index is 0.852. The van der Waals surface area contributed by atoms with Gasteiger partial charge in [-0.3, -0.25) is 4.57 Å². The van der Waals surface area contributed by atoms with Gasteiger partial charge >= 0.3 is 0 Å². The van der Waals surface area contributed by atoms with Crippen LogP contribution in [0.5, 0.6) is 0 Å². The highest BCUT2D eigenvalue weighted by molar-refractivity contribution is 6.09. The molecule has 0 amide bonds. The number of fused-ring (bicyclic) bond motifs is 5. The molecule has 0 bridgehead atoms. The van der Waals surface area contributed by atoms with E-state index in [1.54, 1.807) is 0 Å². The smallest absolute Gasteiger partial charge is 0.164 e. The first-order valence-corrected chi connectivity index (χ1v) is 12.8. The van der Waals surface area contributed by atoms with Gasteiger partial charge in [-0.2, -0.15) is 0 Å². The summed E-state index contributed by atoms with van der Waals surface area (Å²) in [5.74, 6) is 0.879. The molecule has 38 heavy (non-hydrogen) atoms. The van der Waals surface area contributed by atoms with Crippen molar-refractivity contribution in [2.24, 2.45) is 0 Å². The number of pyridine rings is 1. The van der Waals surface area contributed by atoms with Gasteiger partial charge in [0.1, 0.15) is 11.3 Å². The fourth-order valence-corrected chi connectivity index (χ4v) is 5.70. The third-order valence-electron chi connectivity index (χ3n) is 7.39. The van der Waals surface area contributed by atoms with Crippen molar-refractivity contribution < 1.29 is 0 Å². The average molecular weight is 487 g/mol. The molecule has 3 heterocycles. The van der Waals surface area contributed by atoms with E-state index in [-0.39, 0.29) is 0 Å². The Kier molecular flexibility index (Phi) is 4.49. The van der Waals surface area contributed by atoms with Gasteiger partial charge in [0.2, 0.25) is 0 Å². The quantitative estimate of drug-likeness (QED) is 0.252. The number of rotatable bonds is 3.